The topological polar surface area (TPSA) is 78.6 Å². The standard InChI is InChI=1S/C14H18ClNO4S/c15-10-8-12-11(19-4-5-20-12)7-9(10)14(16)13-3-1-2-6-21(13,17)18/h7-8,13-14H,1-6,16H2. The van der Waals surface area contributed by atoms with Crippen LogP contribution in [-0.4, -0.2) is 32.6 Å². The van der Waals surface area contributed by atoms with Gasteiger partial charge in [-0.2, -0.15) is 0 Å². The lowest BCUT2D eigenvalue weighted by Gasteiger charge is -2.29. The molecule has 2 N–H and O–H groups in total. The molecule has 0 bridgehead atoms. The fourth-order valence-corrected chi connectivity index (χ4v) is 5.23. The van der Waals surface area contributed by atoms with Crippen molar-refractivity contribution >= 4 is 21.4 Å². The van der Waals surface area contributed by atoms with Gasteiger partial charge in [0, 0.05) is 17.1 Å². The molecule has 2 atom stereocenters. The summed E-state index contributed by atoms with van der Waals surface area (Å²) in [7, 11) is -3.16. The van der Waals surface area contributed by atoms with Crippen LogP contribution in [0.3, 0.4) is 0 Å². The molecule has 0 spiro atoms. The first-order chi connectivity index (χ1) is 9.99. The summed E-state index contributed by atoms with van der Waals surface area (Å²) in [5, 5.41) is -0.154. The average Bonchev–Trinajstić information content (AvgIpc) is 2.45. The molecule has 2 aliphatic heterocycles. The van der Waals surface area contributed by atoms with Crippen LogP contribution in [-0.2, 0) is 9.84 Å². The van der Waals surface area contributed by atoms with E-state index in [1.54, 1.807) is 12.1 Å². The van der Waals surface area contributed by atoms with Crippen LogP contribution in [0.2, 0.25) is 5.02 Å². The fourth-order valence-electron chi connectivity index (χ4n) is 2.92. The summed E-state index contributed by atoms with van der Waals surface area (Å²) in [5.74, 6) is 1.35. The molecule has 2 heterocycles. The molecule has 3 rings (SSSR count). The monoisotopic (exact) mass is 331 g/mol. The van der Waals surface area contributed by atoms with Gasteiger partial charge in [-0.15, -0.1) is 0 Å². The molecule has 116 valence electrons. The van der Waals surface area contributed by atoms with Crippen molar-refractivity contribution in [1.29, 1.82) is 0 Å². The first kappa shape index (κ1) is 14.9. The minimum absolute atomic E-state index is 0.202. The Morgan fingerprint density at radius 3 is 2.52 bits per heavy atom. The summed E-state index contributed by atoms with van der Waals surface area (Å²) in [4.78, 5) is 0. The number of nitrogens with two attached hydrogens (primary N) is 1. The Morgan fingerprint density at radius 1 is 1.19 bits per heavy atom. The Bertz CT molecular complexity index is 647. The van der Waals surface area contributed by atoms with Crippen LogP contribution in [0.1, 0.15) is 30.9 Å². The van der Waals surface area contributed by atoms with Crippen molar-refractivity contribution in [2.24, 2.45) is 5.73 Å². The molecule has 7 heteroatoms. The number of halogens is 1. The van der Waals surface area contributed by atoms with Crippen LogP contribution in [0.5, 0.6) is 11.5 Å². The van der Waals surface area contributed by atoms with Crippen LogP contribution >= 0.6 is 11.6 Å². The molecule has 2 aliphatic rings. The Kier molecular flexibility index (Phi) is 4.03. The zero-order valence-electron chi connectivity index (χ0n) is 11.5. The minimum atomic E-state index is -3.16. The van der Waals surface area contributed by atoms with Crippen molar-refractivity contribution in [1.82, 2.24) is 0 Å². The van der Waals surface area contributed by atoms with Crippen LogP contribution in [0.4, 0.5) is 0 Å². The number of rotatable bonds is 2. The number of hydrogen-bond acceptors (Lipinski definition) is 5. The van der Waals surface area contributed by atoms with E-state index < -0.39 is 21.1 Å². The van der Waals surface area contributed by atoms with E-state index in [-0.39, 0.29) is 5.75 Å². The van der Waals surface area contributed by atoms with Gasteiger partial charge in [0.15, 0.2) is 21.3 Å². The molecule has 0 saturated carbocycles. The van der Waals surface area contributed by atoms with Crippen molar-refractivity contribution in [2.75, 3.05) is 19.0 Å². The Balaban J connectivity index is 1.95. The van der Waals surface area contributed by atoms with Gasteiger partial charge >= 0.3 is 0 Å². The highest BCUT2D eigenvalue weighted by atomic mass is 35.5. The van der Waals surface area contributed by atoms with E-state index in [0.717, 1.165) is 6.42 Å². The minimum Gasteiger partial charge on any atom is -0.486 e. The quantitative estimate of drug-likeness (QED) is 0.897. The van der Waals surface area contributed by atoms with E-state index in [4.69, 9.17) is 26.8 Å². The molecular weight excluding hydrogens is 314 g/mol. The van der Waals surface area contributed by atoms with Crippen molar-refractivity contribution in [3.8, 4) is 11.5 Å². The molecule has 0 amide bonds. The lowest BCUT2D eigenvalue weighted by atomic mass is 9.99. The van der Waals surface area contributed by atoms with E-state index in [1.165, 1.54) is 0 Å². The van der Waals surface area contributed by atoms with E-state index in [9.17, 15) is 8.42 Å². The second kappa shape index (κ2) is 5.66. The largest absolute Gasteiger partial charge is 0.486 e. The lowest BCUT2D eigenvalue weighted by molar-refractivity contribution is 0.171. The second-order valence-corrected chi connectivity index (χ2v) is 8.19. The van der Waals surface area contributed by atoms with Crippen LogP contribution in [0.15, 0.2) is 12.1 Å². The van der Waals surface area contributed by atoms with Gasteiger partial charge in [0.25, 0.3) is 0 Å². The smallest absolute Gasteiger partial charge is 0.162 e. The number of fused-ring (bicyclic) bond motifs is 1. The summed E-state index contributed by atoms with van der Waals surface area (Å²) in [5.41, 5.74) is 6.83. The fraction of sp³-hybridized carbons (Fsp3) is 0.571. The molecule has 0 aromatic heterocycles. The highest BCUT2D eigenvalue weighted by Gasteiger charge is 2.35. The molecule has 5 nitrogen and oxygen atoms in total. The van der Waals surface area contributed by atoms with E-state index in [0.29, 0.717) is 48.1 Å². The zero-order chi connectivity index (χ0) is 15.0. The number of benzene rings is 1. The molecular formula is C14H18ClNO4S. The van der Waals surface area contributed by atoms with Crippen LogP contribution < -0.4 is 15.2 Å². The third kappa shape index (κ3) is 2.84. The van der Waals surface area contributed by atoms with Gasteiger partial charge in [0.05, 0.1) is 11.0 Å². The summed E-state index contributed by atoms with van der Waals surface area (Å²) in [6.45, 7) is 0.941. The average molecular weight is 332 g/mol. The van der Waals surface area contributed by atoms with Gasteiger partial charge in [-0.3, -0.25) is 0 Å². The molecule has 2 unspecified atom stereocenters. The normalized spacial score (nSPS) is 25.3. The predicted molar refractivity (Wildman–Crippen MR) is 80.8 cm³/mol. The summed E-state index contributed by atoms with van der Waals surface area (Å²) in [6.07, 6.45) is 2.16. The Morgan fingerprint density at radius 2 is 1.86 bits per heavy atom. The van der Waals surface area contributed by atoms with E-state index >= 15 is 0 Å². The van der Waals surface area contributed by atoms with E-state index in [1.807, 2.05) is 0 Å². The summed E-state index contributed by atoms with van der Waals surface area (Å²) in [6, 6.07) is 2.73. The maximum atomic E-state index is 12.2. The van der Waals surface area contributed by atoms with Crippen molar-refractivity contribution < 1.29 is 17.9 Å². The first-order valence-electron chi connectivity index (χ1n) is 7.05. The Hall–Kier alpha value is -0.980. The van der Waals surface area contributed by atoms with E-state index in [2.05, 4.69) is 0 Å². The highest BCUT2D eigenvalue weighted by Crippen LogP contribution is 2.40. The zero-order valence-corrected chi connectivity index (χ0v) is 13.1. The molecule has 1 aromatic rings. The maximum Gasteiger partial charge on any atom is 0.162 e. The third-order valence-electron chi connectivity index (χ3n) is 4.05. The highest BCUT2D eigenvalue weighted by molar-refractivity contribution is 7.92. The SMILES string of the molecule is NC(c1cc2c(cc1Cl)OCCO2)C1CCCCS1(=O)=O. The Labute approximate surface area is 129 Å². The second-order valence-electron chi connectivity index (χ2n) is 5.44. The van der Waals surface area contributed by atoms with Gasteiger partial charge in [-0.25, -0.2) is 8.42 Å². The van der Waals surface area contributed by atoms with Gasteiger partial charge < -0.3 is 15.2 Å². The van der Waals surface area contributed by atoms with Crippen molar-refractivity contribution in [2.45, 2.75) is 30.6 Å². The molecule has 0 radical (unpaired) electrons. The van der Waals surface area contributed by atoms with Gasteiger partial charge in [-0.1, -0.05) is 18.0 Å². The molecule has 21 heavy (non-hydrogen) atoms. The molecule has 1 aromatic carbocycles. The van der Waals surface area contributed by atoms with Gasteiger partial charge in [0.2, 0.25) is 0 Å². The predicted octanol–water partition coefficient (Wildman–Crippen LogP) is 2.08. The van der Waals surface area contributed by atoms with Crippen molar-refractivity contribution in [3.05, 3.63) is 22.7 Å². The number of hydrogen-bond donors (Lipinski definition) is 1. The van der Waals surface area contributed by atoms with Gasteiger partial charge in [-0.05, 0) is 24.5 Å². The lowest BCUT2D eigenvalue weighted by Crippen LogP contribution is -2.38. The first-order valence-corrected chi connectivity index (χ1v) is 9.14. The number of ether oxygens (including phenoxy) is 2. The number of sulfone groups is 1. The van der Waals surface area contributed by atoms with Gasteiger partial charge in [0.1, 0.15) is 13.2 Å². The summed E-state index contributed by atoms with van der Waals surface area (Å²) >= 11 is 6.26. The molecule has 1 fully saturated rings. The van der Waals surface area contributed by atoms with Crippen molar-refractivity contribution in [3.63, 3.8) is 0 Å². The van der Waals surface area contributed by atoms with Crippen LogP contribution in [0.25, 0.3) is 0 Å². The maximum absolute atomic E-state index is 12.2. The molecule has 0 aliphatic carbocycles. The van der Waals surface area contributed by atoms with Crippen LogP contribution in [0, 0.1) is 0 Å². The third-order valence-corrected chi connectivity index (χ3v) is 6.69. The summed E-state index contributed by atoms with van der Waals surface area (Å²) < 4.78 is 35.4. The molecule has 1 saturated heterocycles.